The molecule has 2 rings (SSSR count). The zero-order valence-electron chi connectivity index (χ0n) is 11.2. The van der Waals surface area contributed by atoms with Gasteiger partial charge in [0.2, 0.25) is 0 Å². The molecular formula is C14H28N2O. The molecule has 0 amide bonds. The number of nitrogens with one attached hydrogen (secondary N) is 2. The second-order valence-electron chi connectivity index (χ2n) is 5.69. The van der Waals surface area contributed by atoms with Crippen molar-refractivity contribution in [2.45, 2.75) is 45.1 Å². The molecule has 1 aliphatic carbocycles. The van der Waals surface area contributed by atoms with Gasteiger partial charge in [0.05, 0.1) is 6.10 Å². The average molecular weight is 240 g/mol. The number of ether oxygens (including phenoxy) is 1. The molecule has 0 aromatic carbocycles. The summed E-state index contributed by atoms with van der Waals surface area (Å²) in [5.74, 6) is 1.90. The van der Waals surface area contributed by atoms with Crippen LogP contribution in [0.2, 0.25) is 0 Å². The molecule has 2 fully saturated rings. The van der Waals surface area contributed by atoms with E-state index in [1.165, 1.54) is 32.2 Å². The smallest absolute Gasteiger partial charge is 0.0599 e. The molecule has 100 valence electrons. The summed E-state index contributed by atoms with van der Waals surface area (Å²) in [5.41, 5.74) is 0. The molecule has 0 aromatic heterocycles. The van der Waals surface area contributed by atoms with E-state index in [1.54, 1.807) is 0 Å². The van der Waals surface area contributed by atoms with Crippen LogP contribution in [0.1, 0.15) is 39.0 Å². The normalized spacial score (nSPS) is 23.8. The maximum Gasteiger partial charge on any atom is 0.0599 e. The quantitative estimate of drug-likeness (QED) is 0.635. The Labute approximate surface area is 106 Å². The first kappa shape index (κ1) is 13.3. The molecule has 3 nitrogen and oxygen atoms in total. The second-order valence-corrected chi connectivity index (χ2v) is 5.69. The summed E-state index contributed by atoms with van der Waals surface area (Å²) in [7, 11) is 0. The van der Waals surface area contributed by atoms with Gasteiger partial charge in [0.15, 0.2) is 0 Å². The fourth-order valence-electron chi connectivity index (χ4n) is 2.57. The molecule has 0 spiro atoms. The summed E-state index contributed by atoms with van der Waals surface area (Å²) in [4.78, 5) is 0. The highest BCUT2D eigenvalue weighted by atomic mass is 16.5. The van der Waals surface area contributed by atoms with Gasteiger partial charge < -0.3 is 15.4 Å². The Morgan fingerprint density at radius 3 is 2.71 bits per heavy atom. The van der Waals surface area contributed by atoms with Gasteiger partial charge in [0, 0.05) is 6.61 Å². The van der Waals surface area contributed by atoms with Crippen molar-refractivity contribution in [1.82, 2.24) is 10.6 Å². The summed E-state index contributed by atoms with van der Waals surface area (Å²) in [6.07, 6.45) is 6.96. The number of piperidine rings is 1. The zero-order valence-corrected chi connectivity index (χ0v) is 11.2. The van der Waals surface area contributed by atoms with Crippen LogP contribution >= 0.6 is 0 Å². The highest BCUT2D eigenvalue weighted by molar-refractivity contribution is 4.79. The lowest BCUT2D eigenvalue weighted by Gasteiger charge is -2.23. The van der Waals surface area contributed by atoms with Crippen LogP contribution in [0.25, 0.3) is 0 Å². The zero-order chi connectivity index (χ0) is 11.9. The Morgan fingerprint density at radius 2 is 2.00 bits per heavy atom. The van der Waals surface area contributed by atoms with Gasteiger partial charge in [0.25, 0.3) is 0 Å². The summed E-state index contributed by atoms with van der Waals surface area (Å²) >= 11 is 0. The monoisotopic (exact) mass is 240 g/mol. The fraction of sp³-hybridized carbons (Fsp3) is 1.00. The van der Waals surface area contributed by atoms with Crippen molar-refractivity contribution < 1.29 is 4.74 Å². The Bertz CT molecular complexity index is 200. The van der Waals surface area contributed by atoms with E-state index in [0.29, 0.717) is 6.10 Å². The van der Waals surface area contributed by atoms with E-state index >= 15 is 0 Å². The van der Waals surface area contributed by atoms with Crippen molar-refractivity contribution >= 4 is 0 Å². The summed E-state index contributed by atoms with van der Waals surface area (Å²) in [5, 5.41) is 6.91. The Morgan fingerprint density at radius 1 is 1.24 bits per heavy atom. The van der Waals surface area contributed by atoms with Gasteiger partial charge in [-0.05, 0) is 70.1 Å². The van der Waals surface area contributed by atoms with Crippen LogP contribution < -0.4 is 10.6 Å². The predicted molar refractivity (Wildman–Crippen MR) is 71.2 cm³/mol. The van der Waals surface area contributed by atoms with E-state index in [9.17, 15) is 0 Å². The third kappa shape index (κ3) is 5.36. The van der Waals surface area contributed by atoms with Gasteiger partial charge in [-0.25, -0.2) is 0 Å². The Kier molecular flexibility index (Phi) is 5.75. The molecule has 3 heteroatoms. The van der Waals surface area contributed by atoms with Crippen LogP contribution in [0.15, 0.2) is 0 Å². The van der Waals surface area contributed by atoms with Crippen molar-refractivity contribution in [3.8, 4) is 0 Å². The molecule has 2 N–H and O–H groups in total. The molecule has 0 aromatic rings. The average Bonchev–Trinajstić information content (AvgIpc) is 3.19. The van der Waals surface area contributed by atoms with E-state index < -0.39 is 0 Å². The van der Waals surface area contributed by atoms with Crippen molar-refractivity contribution in [1.29, 1.82) is 0 Å². The fourth-order valence-corrected chi connectivity index (χ4v) is 2.57. The molecule has 1 saturated heterocycles. The molecule has 17 heavy (non-hydrogen) atoms. The number of hydrogen-bond donors (Lipinski definition) is 2. The number of rotatable bonds is 8. The molecule has 2 aliphatic rings. The SMILES string of the molecule is CC(CNCCCOC1CCNCC1)C1CC1. The largest absolute Gasteiger partial charge is 0.378 e. The third-order valence-electron chi connectivity index (χ3n) is 4.03. The van der Waals surface area contributed by atoms with Crippen molar-refractivity contribution in [2.24, 2.45) is 11.8 Å². The van der Waals surface area contributed by atoms with Crippen molar-refractivity contribution in [2.75, 3.05) is 32.8 Å². The lowest BCUT2D eigenvalue weighted by molar-refractivity contribution is 0.0317. The molecule has 1 heterocycles. The lowest BCUT2D eigenvalue weighted by Crippen LogP contribution is -2.33. The van der Waals surface area contributed by atoms with Crippen LogP contribution in [-0.2, 0) is 4.74 Å². The standard InChI is InChI=1S/C14H28N2O/c1-12(13-3-4-13)11-16-7-2-10-17-14-5-8-15-9-6-14/h12-16H,2-11H2,1H3. The van der Waals surface area contributed by atoms with Crippen LogP contribution in [0.4, 0.5) is 0 Å². The molecule has 1 saturated carbocycles. The lowest BCUT2D eigenvalue weighted by atomic mass is 10.1. The molecule has 1 unspecified atom stereocenters. The third-order valence-corrected chi connectivity index (χ3v) is 4.03. The minimum absolute atomic E-state index is 0.515. The van der Waals surface area contributed by atoms with Gasteiger partial charge in [0.1, 0.15) is 0 Å². The van der Waals surface area contributed by atoms with E-state index in [1.807, 2.05) is 0 Å². The van der Waals surface area contributed by atoms with Gasteiger partial charge in [-0.2, -0.15) is 0 Å². The van der Waals surface area contributed by atoms with E-state index in [0.717, 1.165) is 44.5 Å². The van der Waals surface area contributed by atoms with Crippen LogP contribution in [0.3, 0.4) is 0 Å². The van der Waals surface area contributed by atoms with Crippen molar-refractivity contribution in [3.05, 3.63) is 0 Å². The van der Waals surface area contributed by atoms with Gasteiger partial charge in [-0.3, -0.25) is 0 Å². The first-order chi connectivity index (χ1) is 8.36. The molecule has 0 bridgehead atoms. The molecule has 1 atom stereocenters. The first-order valence-corrected chi connectivity index (χ1v) is 7.39. The highest BCUT2D eigenvalue weighted by Crippen LogP contribution is 2.35. The maximum atomic E-state index is 5.87. The minimum atomic E-state index is 0.515. The molecular weight excluding hydrogens is 212 g/mol. The maximum absolute atomic E-state index is 5.87. The van der Waals surface area contributed by atoms with E-state index in [2.05, 4.69) is 17.6 Å². The Balaban J connectivity index is 1.38. The highest BCUT2D eigenvalue weighted by Gasteiger charge is 2.27. The van der Waals surface area contributed by atoms with Gasteiger partial charge in [-0.1, -0.05) is 6.92 Å². The predicted octanol–water partition coefficient (Wildman–Crippen LogP) is 1.78. The van der Waals surface area contributed by atoms with Crippen molar-refractivity contribution in [3.63, 3.8) is 0 Å². The molecule has 0 radical (unpaired) electrons. The number of hydrogen-bond acceptors (Lipinski definition) is 3. The minimum Gasteiger partial charge on any atom is -0.378 e. The van der Waals surface area contributed by atoms with Crippen LogP contribution in [0, 0.1) is 11.8 Å². The Hall–Kier alpha value is -0.120. The van der Waals surface area contributed by atoms with Gasteiger partial charge in [-0.15, -0.1) is 0 Å². The summed E-state index contributed by atoms with van der Waals surface area (Å²) < 4.78 is 5.87. The topological polar surface area (TPSA) is 33.3 Å². The van der Waals surface area contributed by atoms with E-state index in [-0.39, 0.29) is 0 Å². The second kappa shape index (κ2) is 7.34. The summed E-state index contributed by atoms with van der Waals surface area (Å²) in [6, 6.07) is 0. The summed E-state index contributed by atoms with van der Waals surface area (Å²) in [6.45, 7) is 7.86. The molecule has 1 aliphatic heterocycles. The first-order valence-electron chi connectivity index (χ1n) is 7.39. The van der Waals surface area contributed by atoms with E-state index in [4.69, 9.17) is 4.74 Å². The van der Waals surface area contributed by atoms with Crippen LogP contribution in [-0.4, -0.2) is 38.9 Å². The van der Waals surface area contributed by atoms with Crippen LogP contribution in [0.5, 0.6) is 0 Å². The van der Waals surface area contributed by atoms with Gasteiger partial charge >= 0.3 is 0 Å².